The number of thiophene rings is 1. The lowest BCUT2D eigenvalue weighted by Crippen LogP contribution is -2.06. The SMILES string of the molecule is [2H]c1c([2H])c([2H])c2c(oc3c2c([2H])c([2H])c2c4c([2H])c([2H])c([2H])c([2H])c4n(-c4nc(-c5ccc(-c6ccccc6)cc5)nc(-c5ccc6c(c5)sc5ccccc56)n4)c32)c1[2H]. The Balaban J connectivity index is 1.28. The first kappa shape index (κ1) is 20.1. The summed E-state index contributed by atoms with van der Waals surface area (Å²) in [5, 5.41) is 1.84. The Bertz CT molecular complexity index is 3720. The molecule has 0 spiro atoms. The fourth-order valence-electron chi connectivity index (χ4n) is 6.79. The maximum Gasteiger partial charge on any atom is 0.238 e. The van der Waals surface area contributed by atoms with Gasteiger partial charge in [-0.15, -0.1) is 11.3 Å². The first-order valence-corrected chi connectivity index (χ1v) is 16.9. The molecule has 0 N–H and O–H groups in total. The van der Waals surface area contributed by atoms with E-state index in [1.165, 1.54) is 4.57 Å². The van der Waals surface area contributed by atoms with E-state index in [2.05, 4.69) is 12.1 Å². The van der Waals surface area contributed by atoms with Gasteiger partial charge in [-0.3, -0.25) is 4.57 Å². The maximum atomic E-state index is 9.38. The lowest BCUT2D eigenvalue weighted by molar-refractivity contribution is 0.670. The first-order valence-electron chi connectivity index (χ1n) is 21.1. The molecule has 4 heterocycles. The second-order valence-electron chi connectivity index (χ2n) is 12.1. The van der Waals surface area contributed by atoms with Crippen molar-refractivity contribution < 1.29 is 18.1 Å². The van der Waals surface area contributed by atoms with Gasteiger partial charge in [-0.2, -0.15) is 9.97 Å². The van der Waals surface area contributed by atoms with E-state index >= 15 is 0 Å². The van der Waals surface area contributed by atoms with Crippen LogP contribution in [0.2, 0.25) is 0 Å². The van der Waals surface area contributed by atoms with E-state index in [9.17, 15) is 4.11 Å². The molecule has 0 radical (unpaired) electrons. The highest BCUT2D eigenvalue weighted by Crippen LogP contribution is 2.41. The minimum atomic E-state index is -0.557. The van der Waals surface area contributed by atoms with E-state index in [4.69, 9.17) is 29.0 Å². The van der Waals surface area contributed by atoms with Gasteiger partial charge in [0.15, 0.2) is 17.2 Å². The second-order valence-corrected chi connectivity index (χ2v) is 13.2. The lowest BCUT2D eigenvalue weighted by Gasteiger charge is -2.11. The van der Waals surface area contributed by atoms with Crippen LogP contribution in [0.25, 0.3) is 104 Å². The minimum absolute atomic E-state index is 0.00598. The van der Waals surface area contributed by atoms with Crippen LogP contribution < -0.4 is 0 Å². The van der Waals surface area contributed by atoms with Crippen LogP contribution in [0.15, 0.2) is 162 Å². The van der Waals surface area contributed by atoms with E-state index in [-0.39, 0.29) is 61.3 Å². The van der Waals surface area contributed by atoms with E-state index in [1.807, 2.05) is 84.9 Å². The molecule has 5 nitrogen and oxygen atoms in total. The molecule has 238 valence electrons. The van der Waals surface area contributed by atoms with Gasteiger partial charge in [-0.25, -0.2) is 4.98 Å². The van der Waals surface area contributed by atoms with E-state index in [0.717, 1.165) is 31.3 Å². The van der Waals surface area contributed by atoms with Crippen molar-refractivity contribution in [3.8, 4) is 39.9 Å². The van der Waals surface area contributed by atoms with Crippen LogP contribution in [0.4, 0.5) is 0 Å². The number of aromatic nitrogens is 4. The number of benzene rings is 7. The van der Waals surface area contributed by atoms with E-state index in [1.54, 1.807) is 11.3 Å². The molecule has 6 heteroatoms. The molecule has 0 saturated carbocycles. The standard InChI is InChI=1S/C45H26N4OS/c1-2-10-27(11-3-1)28-18-20-29(21-19-28)43-46-44(30-22-23-34-33-14-6-9-17-39(33)51-40(34)26-30)48-45(47-43)49-37-15-7-4-12-31(37)35-24-25-36-32-13-5-8-16-38(32)50-42(36)41(35)49/h1-26H/i4D,5D,7D,8D,12D,13D,15D,16D,24D,25D. The van der Waals surface area contributed by atoms with Crippen LogP contribution in [0.5, 0.6) is 0 Å². The third kappa shape index (κ3) is 4.37. The van der Waals surface area contributed by atoms with Crippen LogP contribution in [-0.4, -0.2) is 19.5 Å². The molecule has 0 amide bonds. The molecule has 0 atom stereocenters. The Morgan fingerprint density at radius 3 is 2.06 bits per heavy atom. The van der Waals surface area contributed by atoms with Crippen molar-refractivity contribution in [2.24, 2.45) is 0 Å². The summed E-state index contributed by atoms with van der Waals surface area (Å²) in [6.45, 7) is 0. The molecule has 0 saturated heterocycles. The molecule has 0 aliphatic heterocycles. The Morgan fingerprint density at radius 1 is 0.510 bits per heavy atom. The molecule has 4 aromatic heterocycles. The van der Waals surface area contributed by atoms with Gasteiger partial charge in [0, 0.05) is 52.8 Å². The predicted octanol–water partition coefficient (Wildman–Crippen LogP) is 12.2. The summed E-state index contributed by atoms with van der Waals surface area (Å²) in [6.07, 6.45) is 0. The molecule has 51 heavy (non-hydrogen) atoms. The molecule has 0 bridgehead atoms. The fourth-order valence-corrected chi connectivity index (χ4v) is 7.94. The molecule has 7 aromatic carbocycles. The molecule has 0 aliphatic rings. The zero-order valence-electron chi connectivity index (χ0n) is 36.3. The largest absolute Gasteiger partial charge is 0.454 e. The number of furan rings is 1. The van der Waals surface area contributed by atoms with Gasteiger partial charge in [-0.1, -0.05) is 127 Å². The number of fused-ring (bicyclic) bond motifs is 10. The van der Waals surface area contributed by atoms with Gasteiger partial charge in [0.25, 0.3) is 0 Å². The van der Waals surface area contributed by atoms with Crippen LogP contribution in [0.1, 0.15) is 13.7 Å². The van der Waals surface area contributed by atoms with Crippen LogP contribution in [-0.2, 0) is 0 Å². The molecule has 0 unspecified atom stereocenters. The number of hydrogen-bond donors (Lipinski definition) is 0. The molecule has 11 rings (SSSR count). The summed E-state index contributed by atoms with van der Waals surface area (Å²) < 4.78 is 98.5. The normalized spacial score (nSPS) is 14.7. The summed E-state index contributed by atoms with van der Waals surface area (Å²) in [6, 6.07) is 26.6. The number of hydrogen-bond acceptors (Lipinski definition) is 5. The van der Waals surface area contributed by atoms with Crippen molar-refractivity contribution in [1.29, 1.82) is 0 Å². The summed E-state index contributed by atoms with van der Waals surface area (Å²) in [5.41, 5.74) is 2.75. The Labute approximate surface area is 309 Å². The zero-order chi connectivity index (χ0) is 42.2. The monoisotopic (exact) mass is 680 g/mol. The third-order valence-electron chi connectivity index (χ3n) is 9.17. The maximum absolute atomic E-state index is 9.38. The van der Waals surface area contributed by atoms with Crippen molar-refractivity contribution in [3.63, 3.8) is 0 Å². The second kappa shape index (κ2) is 10.9. The summed E-state index contributed by atoms with van der Waals surface area (Å²) in [4.78, 5) is 15.0. The Kier molecular flexibility index (Phi) is 4.32. The smallest absolute Gasteiger partial charge is 0.238 e. The van der Waals surface area contributed by atoms with E-state index in [0.29, 0.717) is 11.1 Å². The van der Waals surface area contributed by atoms with Gasteiger partial charge in [-0.05, 0) is 41.4 Å². The minimum Gasteiger partial charge on any atom is -0.454 e. The molecular formula is C45H26N4OS. The number of nitrogens with zero attached hydrogens (tertiary/aromatic N) is 4. The topological polar surface area (TPSA) is 56.7 Å². The van der Waals surface area contributed by atoms with Gasteiger partial charge >= 0.3 is 0 Å². The van der Waals surface area contributed by atoms with Gasteiger partial charge in [0.2, 0.25) is 5.95 Å². The number of para-hydroxylation sites is 2. The summed E-state index contributed by atoms with van der Waals surface area (Å²) in [5.74, 6) is 0.383. The first-order chi connectivity index (χ1) is 29.4. The highest BCUT2D eigenvalue weighted by molar-refractivity contribution is 7.25. The van der Waals surface area contributed by atoms with Crippen molar-refractivity contribution in [2.75, 3.05) is 0 Å². The lowest BCUT2D eigenvalue weighted by atomic mass is 10.0. The van der Waals surface area contributed by atoms with Crippen LogP contribution in [0, 0.1) is 0 Å². The van der Waals surface area contributed by atoms with Crippen molar-refractivity contribution in [3.05, 3.63) is 157 Å². The van der Waals surface area contributed by atoms with Crippen LogP contribution in [0.3, 0.4) is 0 Å². The highest BCUT2D eigenvalue weighted by Gasteiger charge is 2.22. The summed E-state index contributed by atoms with van der Waals surface area (Å²) >= 11 is 1.62. The fraction of sp³-hybridized carbons (Fsp3) is 0. The quantitative estimate of drug-likeness (QED) is 0.186. The van der Waals surface area contributed by atoms with E-state index < -0.39 is 60.4 Å². The predicted molar refractivity (Wildman–Crippen MR) is 211 cm³/mol. The van der Waals surface area contributed by atoms with Crippen molar-refractivity contribution in [2.45, 2.75) is 0 Å². The Morgan fingerprint density at radius 2 is 1.18 bits per heavy atom. The molecule has 0 fully saturated rings. The summed E-state index contributed by atoms with van der Waals surface area (Å²) in [7, 11) is 0. The van der Waals surface area contributed by atoms with Crippen molar-refractivity contribution >= 4 is 75.3 Å². The van der Waals surface area contributed by atoms with Gasteiger partial charge in [0.05, 0.1) is 19.2 Å². The molecule has 0 aliphatic carbocycles. The molecular weight excluding hydrogens is 645 g/mol. The van der Waals surface area contributed by atoms with Gasteiger partial charge in [0.1, 0.15) is 11.1 Å². The molecule has 11 aromatic rings. The number of rotatable bonds is 4. The van der Waals surface area contributed by atoms with Crippen LogP contribution >= 0.6 is 11.3 Å². The van der Waals surface area contributed by atoms with Crippen molar-refractivity contribution in [1.82, 2.24) is 19.5 Å². The highest BCUT2D eigenvalue weighted by atomic mass is 32.1. The van der Waals surface area contributed by atoms with Gasteiger partial charge < -0.3 is 4.42 Å². The zero-order valence-corrected chi connectivity index (χ0v) is 27.2. The third-order valence-corrected chi connectivity index (χ3v) is 10.3. The average molecular weight is 681 g/mol. The average Bonchev–Trinajstić information content (AvgIpc) is 3.99. The Hall–Kier alpha value is -6.63.